The van der Waals surface area contributed by atoms with Gasteiger partial charge in [0.25, 0.3) is 5.91 Å². The van der Waals surface area contributed by atoms with Crippen molar-refractivity contribution >= 4 is 23.2 Å². The van der Waals surface area contributed by atoms with Gasteiger partial charge in [0.05, 0.1) is 16.5 Å². The van der Waals surface area contributed by atoms with Crippen LogP contribution in [-0.4, -0.2) is 31.6 Å². The zero-order valence-corrected chi connectivity index (χ0v) is 12.5. The van der Waals surface area contributed by atoms with E-state index >= 15 is 0 Å². The summed E-state index contributed by atoms with van der Waals surface area (Å²) >= 11 is 1.20. The minimum Gasteiger partial charge on any atom is -0.379 e. The van der Waals surface area contributed by atoms with Gasteiger partial charge in [0, 0.05) is 19.0 Å². The van der Waals surface area contributed by atoms with Crippen LogP contribution in [-0.2, 0) is 4.74 Å². The summed E-state index contributed by atoms with van der Waals surface area (Å²) in [4.78, 5) is 23.3. The van der Waals surface area contributed by atoms with Crippen LogP contribution >= 0.6 is 11.3 Å². The van der Waals surface area contributed by atoms with Crippen LogP contribution in [0, 0.1) is 5.41 Å². The van der Waals surface area contributed by atoms with Gasteiger partial charge in [-0.15, -0.1) is 11.3 Å². The molecule has 0 unspecified atom stereocenters. The van der Waals surface area contributed by atoms with E-state index in [4.69, 9.17) is 10.5 Å². The van der Waals surface area contributed by atoms with E-state index in [2.05, 4.69) is 5.32 Å². The molecule has 1 rings (SSSR count). The summed E-state index contributed by atoms with van der Waals surface area (Å²) in [6.07, 6.45) is -0.0768. The largest absolute Gasteiger partial charge is 0.379 e. The molecule has 19 heavy (non-hydrogen) atoms. The van der Waals surface area contributed by atoms with Gasteiger partial charge in [0.2, 0.25) is 5.91 Å². The van der Waals surface area contributed by atoms with Crippen LogP contribution in [0.1, 0.15) is 40.8 Å². The Hall–Kier alpha value is -1.40. The Balaban J connectivity index is 2.62. The van der Waals surface area contributed by atoms with Crippen molar-refractivity contribution in [3.63, 3.8) is 0 Å². The van der Waals surface area contributed by atoms with E-state index in [0.29, 0.717) is 17.0 Å². The van der Waals surface area contributed by atoms with Gasteiger partial charge in [0.1, 0.15) is 0 Å². The van der Waals surface area contributed by atoms with Crippen molar-refractivity contribution in [3.8, 4) is 0 Å². The standard InChI is InChI=1S/C13H20N2O3S/c1-13(2,3)10(18-4)6-15-12(17)9-5-8(7-19-9)11(14)16/h5,7,10H,6H2,1-4H3,(H2,14,16)(H,15,17)/t10-/m1/s1. The second kappa shape index (κ2) is 6.16. The molecule has 0 fully saturated rings. The van der Waals surface area contributed by atoms with Crippen molar-refractivity contribution in [1.82, 2.24) is 5.32 Å². The maximum Gasteiger partial charge on any atom is 0.261 e. The van der Waals surface area contributed by atoms with Crippen molar-refractivity contribution in [1.29, 1.82) is 0 Å². The van der Waals surface area contributed by atoms with Crippen LogP contribution in [0.15, 0.2) is 11.4 Å². The van der Waals surface area contributed by atoms with Gasteiger partial charge in [0.15, 0.2) is 0 Å². The maximum absolute atomic E-state index is 11.9. The number of primary amides is 1. The highest BCUT2D eigenvalue weighted by Crippen LogP contribution is 2.21. The number of hydrogen-bond acceptors (Lipinski definition) is 4. The maximum atomic E-state index is 11.9. The number of methoxy groups -OCH3 is 1. The van der Waals surface area contributed by atoms with Crippen LogP contribution in [0.3, 0.4) is 0 Å². The molecular formula is C13H20N2O3S. The molecule has 106 valence electrons. The Kier molecular flexibility index (Phi) is 5.08. The fourth-order valence-electron chi connectivity index (χ4n) is 1.60. The molecule has 1 atom stereocenters. The molecule has 2 amide bonds. The monoisotopic (exact) mass is 284 g/mol. The number of nitrogens with two attached hydrogens (primary N) is 1. The SMILES string of the molecule is CO[C@H](CNC(=O)c1cc(C(N)=O)cs1)C(C)(C)C. The van der Waals surface area contributed by atoms with Crippen LogP contribution in [0.25, 0.3) is 0 Å². The van der Waals surface area contributed by atoms with Crippen molar-refractivity contribution in [3.05, 3.63) is 21.9 Å². The Bertz CT molecular complexity index is 463. The summed E-state index contributed by atoms with van der Waals surface area (Å²) < 4.78 is 5.36. The highest BCUT2D eigenvalue weighted by molar-refractivity contribution is 7.12. The summed E-state index contributed by atoms with van der Waals surface area (Å²) in [6.45, 7) is 6.56. The lowest BCUT2D eigenvalue weighted by Crippen LogP contribution is -2.40. The summed E-state index contributed by atoms with van der Waals surface area (Å²) in [7, 11) is 1.62. The van der Waals surface area contributed by atoms with Gasteiger partial charge < -0.3 is 15.8 Å². The zero-order valence-electron chi connectivity index (χ0n) is 11.6. The second-order valence-corrected chi connectivity index (χ2v) is 6.28. The van der Waals surface area contributed by atoms with E-state index in [9.17, 15) is 9.59 Å². The molecule has 1 aromatic rings. The molecule has 0 saturated carbocycles. The van der Waals surface area contributed by atoms with Crippen LogP contribution < -0.4 is 11.1 Å². The number of carbonyl (C=O) groups is 2. The van der Waals surface area contributed by atoms with Gasteiger partial charge in [-0.05, 0) is 11.5 Å². The molecule has 0 aliphatic heterocycles. The first kappa shape index (κ1) is 15.7. The molecule has 1 aromatic heterocycles. The van der Waals surface area contributed by atoms with E-state index in [1.54, 1.807) is 12.5 Å². The third-order valence-corrected chi connectivity index (χ3v) is 3.74. The fraction of sp³-hybridized carbons (Fsp3) is 0.538. The summed E-state index contributed by atoms with van der Waals surface area (Å²) in [5.74, 6) is -0.747. The molecular weight excluding hydrogens is 264 g/mol. The Labute approximate surface area is 117 Å². The van der Waals surface area contributed by atoms with Crippen molar-refractivity contribution in [2.75, 3.05) is 13.7 Å². The molecule has 0 aliphatic carbocycles. The van der Waals surface area contributed by atoms with Gasteiger partial charge in [-0.3, -0.25) is 9.59 Å². The molecule has 5 nitrogen and oxygen atoms in total. The first-order valence-electron chi connectivity index (χ1n) is 5.95. The number of amides is 2. The summed E-state index contributed by atoms with van der Waals surface area (Å²) in [6, 6.07) is 1.50. The third-order valence-electron chi connectivity index (χ3n) is 2.81. The van der Waals surface area contributed by atoms with Crippen LogP contribution in [0.2, 0.25) is 0 Å². The minimum atomic E-state index is -0.528. The quantitative estimate of drug-likeness (QED) is 0.862. The van der Waals surface area contributed by atoms with Gasteiger partial charge in [-0.1, -0.05) is 20.8 Å². The van der Waals surface area contributed by atoms with Gasteiger partial charge in [-0.2, -0.15) is 0 Å². The Morgan fingerprint density at radius 2 is 2.11 bits per heavy atom. The lowest BCUT2D eigenvalue weighted by Gasteiger charge is -2.29. The number of nitrogens with one attached hydrogen (secondary N) is 1. The lowest BCUT2D eigenvalue weighted by molar-refractivity contribution is 0.0176. The molecule has 0 saturated heterocycles. The van der Waals surface area contributed by atoms with Crippen LogP contribution in [0.4, 0.5) is 0 Å². The van der Waals surface area contributed by atoms with E-state index in [1.165, 1.54) is 17.4 Å². The first-order chi connectivity index (χ1) is 8.75. The summed E-state index contributed by atoms with van der Waals surface area (Å²) in [5, 5.41) is 4.38. The number of thiophene rings is 1. The van der Waals surface area contributed by atoms with Crippen LogP contribution in [0.5, 0.6) is 0 Å². The topological polar surface area (TPSA) is 81.4 Å². The van der Waals surface area contributed by atoms with Crippen molar-refractivity contribution in [2.24, 2.45) is 11.1 Å². The predicted octanol–water partition coefficient (Wildman–Crippen LogP) is 1.64. The molecule has 0 radical (unpaired) electrons. The minimum absolute atomic E-state index is 0.0597. The second-order valence-electron chi connectivity index (χ2n) is 5.36. The molecule has 0 aromatic carbocycles. The molecule has 0 aliphatic rings. The van der Waals surface area contributed by atoms with Gasteiger partial charge >= 0.3 is 0 Å². The van der Waals surface area contributed by atoms with E-state index in [-0.39, 0.29) is 17.4 Å². The van der Waals surface area contributed by atoms with E-state index in [0.717, 1.165) is 0 Å². The zero-order chi connectivity index (χ0) is 14.6. The van der Waals surface area contributed by atoms with E-state index in [1.807, 2.05) is 20.8 Å². The fourth-order valence-corrected chi connectivity index (χ4v) is 2.41. The highest BCUT2D eigenvalue weighted by atomic mass is 32.1. The molecule has 1 heterocycles. The number of ether oxygens (including phenoxy) is 1. The van der Waals surface area contributed by atoms with Crippen molar-refractivity contribution in [2.45, 2.75) is 26.9 Å². The average Bonchev–Trinajstić information content (AvgIpc) is 2.77. The predicted molar refractivity (Wildman–Crippen MR) is 75.4 cm³/mol. The Morgan fingerprint density at radius 1 is 1.47 bits per heavy atom. The molecule has 3 N–H and O–H groups in total. The third kappa shape index (κ3) is 4.33. The Morgan fingerprint density at radius 3 is 2.53 bits per heavy atom. The summed E-state index contributed by atoms with van der Waals surface area (Å²) in [5.41, 5.74) is 5.44. The lowest BCUT2D eigenvalue weighted by atomic mass is 9.89. The molecule has 0 bridgehead atoms. The number of rotatable bonds is 5. The molecule has 6 heteroatoms. The van der Waals surface area contributed by atoms with Gasteiger partial charge in [-0.25, -0.2) is 0 Å². The van der Waals surface area contributed by atoms with Crippen molar-refractivity contribution < 1.29 is 14.3 Å². The first-order valence-corrected chi connectivity index (χ1v) is 6.83. The normalized spacial score (nSPS) is 13.1. The number of hydrogen-bond donors (Lipinski definition) is 2. The highest BCUT2D eigenvalue weighted by Gasteiger charge is 2.25. The smallest absolute Gasteiger partial charge is 0.261 e. The average molecular weight is 284 g/mol. The number of carbonyl (C=O) groups excluding carboxylic acids is 2. The van der Waals surface area contributed by atoms with E-state index < -0.39 is 5.91 Å². The molecule has 0 spiro atoms.